The molecule has 3 N–H and O–H groups in total. The van der Waals surface area contributed by atoms with Gasteiger partial charge in [-0.25, -0.2) is 4.79 Å². The fourth-order valence-corrected chi connectivity index (χ4v) is 2.92. The van der Waals surface area contributed by atoms with Crippen LogP contribution in [0.25, 0.3) is 0 Å². The summed E-state index contributed by atoms with van der Waals surface area (Å²) in [7, 11) is 1.52. The number of hydrogen-bond donors (Lipinski definition) is 3. The monoisotopic (exact) mass is 411 g/mol. The highest BCUT2D eigenvalue weighted by atomic mass is 16.5. The van der Waals surface area contributed by atoms with E-state index in [-0.39, 0.29) is 12.8 Å². The molecule has 4 amide bonds. The molecule has 0 radical (unpaired) electrons. The van der Waals surface area contributed by atoms with Crippen molar-refractivity contribution in [2.75, 3.05) is 12.4 Å². The smallest absolute Gasteiger partial charge is 0.322 e. The molecular weight excluding hydrogens is 390 g/mol. The predicted octanol–water partition coefficient (Wildman–Crippen LogP) is 1.91. The van der Waals surface area contributed by atoms with Gasteiger partial charge in [-0.05, 0) is 18.6 Å². The summed E-state index contributed by atoms with van der Waals surface area (Å²) in [6.45, 7) is 0. The van der Waals surface area contributed by atoms with Gasteiger partial charge in [-0.2, -0.15) is 0 Å². The standard InChI is InChI=1S/C21H21N3O6/c1-29-15-9-5-8-14(12-15)22-20(27)18(13-6-3-2-4-7-13)30-17(25)11-10-16-19(26)24-21(28)23-16/h2-9,12,16,18H,10-11H2,1H3,(H,22,27)(H2,23,24,26,28)/t16-,18-/m0/s1. The Bertz CT molecular complexity index is 947. The van der Waals surface area contributed by atoms with Gasteiger partial charge in [0.15, 0.2) is 0 Å². The molecule has 0 bridgehead atoms. The molecule has 1 heterocycles. The lowest BCUT2D eigenvalue weighted by Gasteiger charge is -2.18. The second kappa shape index (κ2) is 9.55. The number of hydrogen-bond acceptors (Lipinski definition) is 6. The van der Waals surface area contributed by atoms with Gasteiger partial charge in [-0.1, -0.05) is 36.4 Å². The summed E-state index contributed by atoms with van der Waals surface area (Å²) in [5.41, 5.74) is 0.986. The maximum atomic E-state index is 12.9. The topological polar surface area (TPSA) is 123 Å². The molecule has 2 atom stereocenters. The number of amides is 4. The Morgan fingerprint density at radius 1 is 1.10 bits per heavy atom. The van der Waals surface area contributed by atoms with E-state index in [2.05, 4.69) is 16.0 Å². The van der Waals surface area contributed by atoms with Crippen LogP contribution in [0.2, 0.25) is 0 Å². The van der Waals surface area contributed by atoms with E-state index in [1.54, 1.807) is 54.6 Å². The number of ether oxygens (including phenoxy) is 2. The van der Waals surface area contributed by atoms with Crippen LogP contribution < -0.4 is 20.7 Å². The van der Waals surface area contributed by atoms with Crippen molar-refractivity contribution in [3.05, 3.63) is 60.2 Å². The minimum atomic E-state index is -1.18. The van der Waals surface area contributed by atoms with Gasteiger partial charge < -0.3 is 20.1 Å². The molecule has 0 saturated carbocycles. The molecular formula is C21H21N3O6. The minimum absolute atomic E-state index is 0.0649. The highest BCUT2D eigenvalue weighted by Gasteiger charge is 2.31. The fraction of sp³-hybridized carbons (Fsp3) is 0.238. The van der Waals surface area contributed by atoms with Crippen LogP contribution in [0.5, 0.6) is 5.75 Å². The molecule has 0 aromatic heterocycles. The van der Waals surface area contributed by atoms with Crippen LogP contribution in [-0.2, 0) is 19.1 Å². The van der Waals surface area contributed by atoms with Gasteiger partial charge in [-0.15, -0.1) is 0 Å². The first-order valence-corrected chi connectivity index (χ1v) is 9.27. The number of methoxy groups -OCH3 is 1. The highest BCUT2D eigenvalue weighted by Crippen LogP contribution is 2.23. The van der Waals surface area contributed by atoms with Crippen LogP contribution in [0.1, 0.15) is 24.5 Å². The summed E-state index contributed by atoms with van der Waals surface area (Å²) in [6, 6.07) is 14.0. The van der Waals surface area contributed by atoms with Gasteiger partial charge in [0.1, 0.15) is 11.8 Å². The average molecular weight is 411 g/mol. The largest absolute Gasteiger partial charge is 0.497 e. The summed E-state index contributed by atoms with van der Waals surface area (Å²) < 4.78 is 10.6. The maximum Gasteiger partial charge on any atom is 0.322 e. The third-order valence-corrected chi connectivity index (χ3v) is 4.42. The molecule has 156 valence electrons. The zero-order chi connectivity index (χ0) is 21.5. The van der Waals surface area contributed by atoms with Gasteiger partial charge in [0.2, 0.25) is 6.10 Å². The molecule has 0 unspecified atom stereocenters. The predicted molar refractivity (Wildman–Crippen MR) is 107 cm³/mol. The number of rotatable bonds is 8. The summed E-state index contributed by atoms with van der Waals surface area (Å²) in [4.78, 5) is 48.0. The van der Waals surface area contributed by atoms with Gasteiger partial charge in [-0.3, -0.25) is 19.7 Å². The zero-order valence-electron chi connectivity index (χ0n) is 16.2. The van der Waals surface area contributed by atoms with E-state index in [1.165, 1.54) is 7.11 Å². The molecule has 9 nitrogen and oxygen atoms in total. The van der Waals surface area contributed by atoms with Crippen molar-refractivity contribution >= 4 is 29.5 Å². The summed E-state index contributed by atoms with van der Waals surface area (Å²) in [6.07, 6.45) is -1.26. The number of esters is 1. The SMILES string of the molecule is COc1cccc(NC(=O)[C@@H](OC(=O)CC[C@@H]2NC(=O)NC2=O)c2ccccc2)c1. The minimum Gasteiger partial charge on any atom is -0.497 e. The molecule has 2 aromatic carbocycles. The van der Waals surface area contributed by atoms with E-state index in [0.717, 1.165) is 0 Å². The molecule has 1 saturated heterocycles. The third-order valence-electron chi connectivity index (χ3n) is 4.42. The summed E-state index contributed by atoms with van der Waals surface area (Å²) >= 11 is 0. The maximum absolute atomic E-state index is 12.9. The molecule has 30 heavy (non-hydrogen) atoms. The first-order chi connectivity index (χ1) is 14.5. The Balaban J connectivity index is 1.67. The van der Waals surface area contributed by atoms with Crippen molar-refractivity contribution in [1.29, 1.82) is 0 Å². The highest BCUT2D eigenvalue weighted by molar-refractivity contribution is 6.04. The first kappa shape index (κ1) is 20.8. The van der Waals surface area contributed by atoms with Crippen molar-refractivity contribution in [3.8, 4) is 5.75 Å². The molecule has 3 rings (SSSR count). The Morgan fingerprint density at radius 2 is 1.87 bits per heavy atom. The molecule has 1 aliphatic heterocycles. The average Bonchev–Trinajstić information content (AvgIpc) is 3.08. The van der Waals surface area contributed by atoms with E-state index >= 15 is 0 Å². The van der Waals surface area contributed by atoms with Crippen LogP contribution in [0.15, 0.2) is 54.6 Å². The summed E-state index contributed by atoms with van der Waals surface area (Å²) in [5, 5.41) is 7.22. The normalized spacial score (nSPS) is 16.2. The lowest BCUT2D eigenvalue weighted by atomic mass is 10.1. The van der Waals surface area contributed by atoms with Crippen molar-refractivity contribution in [2.24, 2.45) is 0 Å². The third kappa shape index (κ3) is 5.34. The lowest BCUT2D eigenvalue weighted by Crippen LogP contribution is -2.30. The molecule has 9 heteroatoms. The van der Waals surface area contributed by atoms with E-state index < -0.39 is 36.0 Å². The second-order valence-electron chi connectivity index (χ2n) is 6.56. The van der Waals surface area contributed by atoms with Gasteiger partial charge >= 0.3 is 12.0 Å². The quantitative estimate of drug-likeness (QED) is 0.450. The van der Waals surface area contributed by atoms with Gasteiger partial charge in [0, 0.05) is 23.7 Å². The summed E-state index contributed by atoms with van der Waals surface area (Å²) in [5.74, 6) is -1.13. The number of imide groups is 1. The van der Waals surface area contributed by atoms with Crippen molar-refractivity contribution in [2.45, 2.75) is 25.0 Å². The Kier molecular flexibility index (Phi) is 6.63. The van der Waals surface area contributed by atoms with E-state index in [1.807, 2.05) is 0 Å². The number of anilines is 1. The van der Waals surface area contributed by atoms with Crippen molar-refractivity contribution in [1.82, 2.24) is 10.6 Å². The van der Waals surface area contributed by atoms with E-state index in [0.29, 0.717) is 17.0 Å². The molecule has 0 spiro atoms. The fourth-order valence-electron chi connectivity index (χ4n) is 2.92. The molecule has 1 fully saturated rings. The Morgan fingerprint density at radius 3 is 2.53 bits per heavy atom. The number of carbonyl (C=O) groups is 4. The molecule has 0 aliphatic carbocycles. The van der Waals surface area contributed by atoms with Crippen LogP contribution in [-0.4, -0.2) is 37.0 Å². The van der Waals surface area contributed by atoms with Gasteiger partial charge in [0.05, 0.1) is 7.11 Å². The van der Waals surface area contributed by atoms with Crippen LogP contribution in [0.4, 0.5) is 10.5 Å². The van der Waals surface area contributed by atoms with Crippen LogP contribution in [0.3, 0.4) is 0 Å². The lowest BCUT2D eigenvalue weighted by molar-refractivity contribution is -0.155. The van der Waals surface area contributed by atoms with Crippen LogP contribution >= 0.6 is 0 Å². The van der Waals surface area contributed by atoms with E-state index in [4.69, 9.17) is 9.47 Å². The van der Waals surface area contributed by atoms with E-state index in [9.17, 15) is 19.2 Å². The first-order valence-electron chi connectivity index (χ1n) is 9.27. The number of nitrogens with one attached hydrogen (secondary N) is 3. The molecule has 1 aliphatic rings. The Hall–Kier alpha value is -3.88. The number of carbonyl (C=O) groups excluding carboxylic acids is 4. The van der Waals surface area contributed by atoms with Crippen molar-refractivity contribution < 1.29 is 28.7 Å². The Labute approximate surface area is 172 Å². The van der Waals surface area contributed by atoms with Crippen molar-refractivity contribution in [3.63, 3.8) is 0 Å². The molecule has 2 aromatic rings. The second-order valence-corrected chi connectivity index (χ2v) is 6.56. The number of urea groups is 1. The van der Waals surface area contributed by atoms with Gasteiger partial charge in [0.25, 0.3) is 11.8 Å². The van der Waals surface area contributed by atoms with Crippen LogP contribution in [0, 0.1) is 0 Å². The zero-order valence-corrected chi connectivity index (χ0v) is 16.2. The number of benzene rings is 2.